The van der Waals surface area contributed by atoms with Crippen molar-refractivity contribution in [3.8, 4) is 0 Å². The molecule has 0 aliphatic heterocycles. The average molecular weight is 229 g/mol. The van der Waals surface area contributed by atoms with Crippen molar-refractivity contribution in [1.29, 1.82) is 0 Å². The number of aliphatic hydroxyl groups is 1. The maximum absolute atomic E-state index is 10.3. The van der Waals surface area contributed by atoms with Crippen molar-refractivity contribution in [3.63, 3.8) is 0 Å². The molecule has 2 fully saturated rings. The minimum Gasteiger partial charge on any atom is -0.389 e. The van der Waals surface area contributed by atoms with Crippen molar-refractivity contribution >= 4 is 5.71 Å². The van der Waals surface area contributed by atoms with E-state index in [4.69, 9.17) is 4.99 Å². The summed E-state index contributed by atoms with van der Waals surface area (Å²) in [6, 6.07) is 10.3. The Kier molecular flexibility index (Phi) is 2.75. The van der Waals surface area contributed by atoms with E-state index < -0.39 is 5.60 Å². The predicted octanol–water partition coefficient (Wildman–Crippen LogP) is 2.95. The summed E-state index contributed by atoms with van der Waals surface area (Å²) in [5, 5.41) is 10.3. The molecule has 1 aromatic rings. The lowest BCUT2D eigenvalue weighted by Gasteiger charge is -2.28. The van der Waals surface area contributed by atoms with Crippen LogP contribution in [0.3, 0.4) is 0 Å². The zero-order valence-electron chi connectivity index (χ0n) is 10.1. The summed E-state index contributed by atoms with van der Waals surface area (Å²) in [5.41, 5.74) is 2.06. The van der Waals surface area contributed by atoms with Gasteiger partial charge in [-0.2, -0.15) is 0 Å². The molecule has 0 saturated heterocycles. The smallest absolute Gasteiger partial charge is 0.0702 e. The summed E-state index contributed by atoms with van der Waals surface area (Å²) in [7, 11) is 0. The van der Waals surface area contributed by atoms with Crippen LogP contribution >= 0.6 is 0 Å². The van der Waals surface area contributed by atoms with Crippen LogP contribution in [0.5, 0.6) is 0 Å². The Balaban J connectivity index is 1.69. The molecule has 1 aromatic carbocycles. The van der Waals surface area contributed by atoms with Crippen molar-refractivity contribution in [2.45, 2.75) is 44.2 Å². The Morgan fingerprint density at radius 3 is 2.88 bits per heavy atom. The molecule has 0 unspecified atom stereocenters. The van der Waals surface area contributed by atoms with Crippen LogP contribution in [0, 0.1) is 5.92 Å². The lowest BCUT2D eigenvalue weighted by molar-refractivity contribution is 0.0457. The van der Waals surface area contributed by atoms with E-state index in [1.54, 1.807) is 0 Å². The van der Waals surface area contributed by atoms with E-state index >= 15 is 0 Å². The SMILES string of the molecule is O[C@@]12CC[C@@H](CC(=NCc3ccccc3)C1)C2. The van der Waals surface area contributed by atoms with Crippen LogP contribution in [0.2, 0.25) is 0 Å². The van der Waals surface area contributed by atoms with Crippen LogP contribution in [0.4, 0.5) is 0 Å². The summed E-state index contributed by atoms with van der Waals surface area (Å²) in [5.74, 6) is 0.684. The molecule has 17 heavy (non-hydrogen) atoms. The summed E-state index contributed by atoms with van der Waals surface area (Å²) in [6.45, 7) is 0.763. The van der Waals surface area contributed by atoms with Gasteiger partial charge in [-0.25, -0.2) is 0 Å². The topological polar surface area (TPSA) is 32.6 Å². The number of rotatable bonds is 2. The molecule has 3 rings (SSSR count). The fourth-order valence-corrected chi connectivity index (χ4v) is 3.24. The quantitative estimate of drug-likeness (QED) is 0.831. The molecule has 2 nitrogen and oxygen atoms in total. The summed E-state index contributed by atoms with van der Waals surface area (Å²) in [6.07, 6.45) is 5.06. The van der Waals surface area contributed by atoms with Gasteiger partial charge in [-0.15, -0.1) is 0 Å². The molecular weight excluding hydrogens is 210 g/mol. The van der Waals surface area contributed by atoms with Gasteiger partial charge in [0.05, 0.1) is 12.1 Å². The van der Waals surface area contributed by atoms with E-state index in [9.17, 15) is 5.11 Å². The number of hydrogen-bond donors (Lipinski definition) is 1. The van der Waals surface area contributed by atoms with Crippen LogP contribution in [0.15, 0.2) is 35.3 Å². The molecule has 0 heterocycles. The third-order valence-electron chi connectivity index (χ3n) is 4.07. The van der Waals surface area contributed by atoms with Gasteiger partial charge in [-0.1, -0.05) is 30.3 Å². The number of benzene rings is 1. The maximum Gasteiger partial charge on any atom is 0.0702 e. The van der Waals surface area contributed by atoms with E-state index in [1.165, 1.54) is 17.7 Å². The zero-order valence-corrected chi connectivity index (χ0v) is 10.1. The first kappa shape index (κ1) is 11.0. The van der Waals surface area contributed by atoms with Gasteiger partial charge in [0, 0.05) is 12.1 Å². The van der Waals surface area contributed by atoms with Gasteiger partial charge in [0.25, 0.3) is 0 Å². The third-order valence-corrected chi connectivity index (χ3v) is 4.07. The molecule has 0 amide bonds. The molecule has 2 aliphatic carbocycles. The van der Waals surface area contributed by atoms with Crippen molar-refractivity contribution < 1.29 is 5.11 Å². The Labute approximate surface area is 102 Å². The second-order valence-electron chi connectivity index (χ2n) is 5.58. The molecule has 2 atom stereocenters. The average Bonchev–Trinajstić information content (AvgIpc) is 2.62. The highest BCUT2D eigenvalue weighted by Gasteiger charge is 2.42. The summed E-state index contributed by atoms with van der Waals surface area (Å²) >= 11 is 0. The maximum atomic E-state index is 10.3. The first-order valence-corrected chi connectivity index (χ1v) is 6.52. The van der Waals surface area contributed by atoms with E-state index in [1.807, 2.05) is 18.2 Å². The number of hydrogen-bond acceptors (Lipinski definition) is 2. The monoisotopic (exact) mass is 229 g/mol. The molecular formula is C15H19NO. The largest absolute Gasteiger partial charge is 0.389 e. The predicted molar refractivity (Wildman–Crippen MR) is 69.1 cm³/mol. The van der Waals surface area contributed by atoms with Gasteiger partial charge in [-0.3, -0.25) is 4.99 Å². The number of fused-ring (bicyclic) bond motifs is 2. The lowest BCUT2D eigenvalue weighted by atomic mass is 9.84. The fourth-order valence-electron chi connectivity index (χ4n) is 3.24. The summed E-state index contributed by atoms with van der Waals surface area (Å²) in [4.78, 5) is 4.70. The van der Waals surface area contributed by atoms with E-state index in [2.05, 4.69) is 12.1 Å². The summed E-state index contributed by atoms with van der Waals surface area (Å²) < 4.78 is 0. The Morgan fingerprint density at radius 1 is 1.29 bits per heavy atom. The molecule has 90 valence electrons. The van der Waals surface area contributed by atoms with Gasteiger partial charge in [0.2, 0.25) is 0 Å². The van der Waals surface area contributed by atoms with E-state index in [-0.39, 0.29) is 0 Å². The molecule has 0 radical (unpaired) electrons. The second kappa shape index (κ2) is 4.26. The second-order valence-corrected chi connectivity index (χ2v) is 5.58. The van der Waals surface area contributed by atoms with E-state index in [0.29, 0.717) is 5.92 Å². The molecule has 0 aromatic heterocycles. The molecule has 2 saturated carbocycles. The molecule has 2 bridgehead atoms. The highest BCUT2D eigenvalue weighted by molar-refractivity contribution is 5.86. The third kappa shape index (κ3) is 2.42. The minimum absolute atomic E-state index is 0.418. The fraction of sp³-hybridized carbons (Fsp3) is 0.533. The number of nitrogens with zero attached hydrogens (tertiary/aromatic N) is 1. The van der Waals surface area contributed by atoms with Crippen LogP contribution in [0.25, 0.3) is 0 Å². The van der Waals surface area contributed by atoms with Gasteiger partial charge in [0.1, 0.15) is 0 Å². The van der Waals surface area contributed by atoms with Gasteiger partial charge in [0.15, 0.2) is 0 Å². The Hall–Kier alpha value is -1.15. The zero-order chi connectivity index (χ0) is 11.7. The molecule has 0 spiro atoms. The Bertz CT molecular complexity index is 426. The van der Waals surface area contributed by atoms with Gasteiger partial charge in [-0.05, 0) is 37.2 Å². The highest BCUT2D eigenvalue weighted by Crippen LogP contribution is 2.43. The first-order chi connectivity index (χ1) is 8.23. The highest BCUT2D eigenvalue weighted by atomic mass is 16.3. The standard InChI is InChI=1S/C15H19NO/c17-15-7-6-13(9-15)8-14(10-15)16-11-12-4-2-1-3-5-12/h1-5,13,17H,6-11H2/t13-,15+/m0/s1. The molecule has 1 N–H and O–H groups in total. The lowest BCUT2D eigenvalue weighted by Crippen LogP contribution is -2.32. The van der Waals surface area contributed by atoms with Crippen molar-refractivity contribution in [1.82, 2.24) is 0 Å². The van der Waals surface area contributed by atoms with Crippen LogP contribution in [-0.2, 0) is 6.54 Å². The minimum atomic E-state index is -0.418. The van der Waals surface area contributed by atoms with Crippen LogP contribution < -0.4 is 0 Å². The molecule has 2 heteroatoms. The Morgan fingerprint density at radius 2 is 2.12 bits per heavy atom. The van der Waals surface area contributed by atoms with Crippen molar-refractivity contribution in [2.75, 3.05) is 0 Å². The van der Waals surface area contributed by atoms with Gasteiger partial charge >= 0.3 is 0 Å². The van der Waals surface area contributed by atoms with Crippen LogP contribution in [0.1, 0.15) is 37.7 Å². The van der Waals surface area contributed by atoms with Gasteiger partial charge < -0.3 is 5.11 Å². The van der Waals surface area contributed by atoms with Crippen molar-refractivity contribution in [3.05, 3.63) is 35.9 Å². The first-order valence-electron chi connectivity index (χ1n) is 6.52. The van der Waals surface area contributed by atoms with E-state index in [0.717, 1.165) is 32.2 Å². The normalized spacial score (nSPS) is 34.2. The number of aliphatic imine (C=N–C) groups is 1. The molecule has 2 aliphatic rings. The van der Waals surface area contributed by atoms with Crippen molar-refractivity contribution in [2.24, 2.45) is 10.9 Å². The van der Waals surface area contributed by atoms with Crippen LogP contribution in [-0.4, -0.2) is 16.4 Å².